The van der Waals surface area contributed by atoms with Crippen LogP contribution in [-0.4, -0.2) is 22.1 Å². The highest BCUT2D eigenvalue weighted by molar-refractivity contribution is 9.10. The van der Waals surface area contributed by atoms with Gasteiger partial charge in [-0.05, 0) is 47.1 Å². The highest BCUT2D eigenvalue weighted by Gasteiger charge is 2.31. The Balaban J connectivity index is 2.34. The highest BCUT2D eigenvalue weighted by atomic mass is 79.9. The fourth-order valence-corrected chi connectivity index (χ4v) is 2.39. The summed E-state index contributed by atoms with van der Waals surface area (Å²) in [5.41, 5.74) is -1.37. The molecule has 0 spiro atoms. The smallest absolute Gasteiger partial charge is 0.416 e. The largest absolute Gasteiger partial charge is 0.479 e. The second-order valence-electron chi connectivity index (χ2n) is 5.23. The fourth-order valence-electron chi connectivity index (χ4n) is 1.93. The van der Waals surface area contributed by atoms with E-state index >= 15 is 0 Å². The van der Waals surface area contributed by atoms with Gasteiger partial charge in [-0.1, -0.05) is 0 Å². The minimum absolute atomic E-state index is 0.00801. The lowest BCUT2D eigenvalue weighted by molar-refractivity contribution is -0.386. The number of alkyl halides is 3. The van der Waals surface area contributed by atoms with Crippen LogP contribution in [0.2, 0.25) is 0 Å². The van der Waals surface area contributed by atoms with Gasteiger partial charge in [0.25, 0.3) is 0 Å². The van der Waals surface area contributed by atoms with Gasteiger partial charge in [0.2, 0.25) is 5.75 Å². The van der Waals surface area contributed by atoms with Gasteiger partial charge in [-0.2, -0.15) is 13.2 Å². The Morgan fingerprint density at radius 3 is 2.41 bits per heavy atom. The first-order chi connectivity index (χ1) is 12.5. The molecule has 2 rings (SSSR count). The molecule has 1 unspecified atom stereocenters. The van der Waals surface area contributed by atoms with Crippen LogP contribution in [0.15, 0.2) is 40.9 Å². The zero-order valence-electron chi connectivity index (χ0n) is 13.5. The Labute approximate surface area is 158 Å². The van der Waals surface area contributed by atoms with Gasteiger partial charge in [-0.3, -0.25) is 10.1 Å². The molecule has 2 aromatic rings. The summed E-state index contributed by atoms with van der Waals surface area (Å²) in [7, 11) is 0. The minimum atomic E-state index is -4.53. The second kappa shape index (κ2) is 7.82. The maximum atomic E-state index is 12.7. The number of carboxylic acids is 1. The molecule has 0 saturated carbocycles. The summed E-state index contributed by atoms with van der Waals surface area (Å²) in [5, 5.41) is 19.9. The molecule has 0 aliphatic heterocycles. The zero-order chi connectivity index (χ0) is 20.4. The van der Waals surface area contributed by atoms with Crippen LogP contribution >= 0.6 is 15.9 Å². The van der Waals surface area contributed by atoms with Gasteiger partial charge in [0.15, 0.2) is 6.10 Å². The Morgan fingerprint density at radius 2 is 1.89 bits per heavy atom. The van der Waals surface area contributed by atoms with Gasteiger partial charge in [-0.25, -0.2) is 4.79 Å². The highest BCUT2D eigenvalue weighted by Crippen LogP contribution is 2.38. The molecule has 0 heterocycles. The minimum Gasteiger partial charge on any atom is -0.479 e. The third kappa shape index (κ3) is 5.09. The summed E-state index contributed by atoms with van der Waals surface area (Å²) >= 11 is 2.97. The number of nitro groups is 1. The first-order valence-electron chi connectivity index (χ1n) is 7.21. The van der Waals surface area contributed by atoms with Crippen molar-refractivity contribution in [2.45, 2.75) is 19.2 Å². The summed E-state index contributed by atoms with van der Waals surface area (Å²) in [6, 6.07) is 6.05. The first-order valence-corrected chi connectivity index (χ1v) is 8.01. The molecule has 27 heavy (non-hydrogen) atoms. The van der Waals surface area contributed by atoms with Gasteiger partial charge < -0.3 is 14.6 Å². The summed E-state index contributed by atoms with van der Waals surface area (Å²) in [4.78, 5) is 21.2. The van der Waals surface area contributed by atoms with E-state index in [9.17, 15) is 28.1 Å². The zero-order valence-corrected chi connectivity index (χ0v) is 15.1. The van der Waals surface area contributed by atoms with Crippen LogP contribution in [0.25, 0.3) is 0 Å². The maximum absolute atomic E-state index is 12.7. The van der Waals surface area contributed by atoms with Gasteiger partial charge in [0, 0.05) is 12.1 Å². The second-order valence-corrected chi connectivity index (χ2v) is 6.08. The topological polar surface area (TPSA) is 98.9 Å². The number of ether oxygens (including phenoxy) is 2. The molecule has 144 valence electrons. The number of hydrogen-bond donors (Lipinski definition) is 1. The molecule has 1 N–H and O–H groups in total. The average Bonchev–Trinajstić information content (AvgIpc) is 2.55. The maximum Gasteiger partial charge on any atom is 0.416 e. The van der Waals surface area contributed by atoms with E-state index in [1.165, 1.54) is 13.0 Å². The third-order valence-electron chi connectivity index (χ3n) is 3.27. The number of carboxylic acid groups (broad SMARTS) is 1. The van der Waals surface area contributed by atoms with Gasteiger partial charge >= 0.3 is 17.8 Å². The van der Waals surface area contributed by atoms with Crippen molar-refractivity contribution in [3.63, 3.8) is 0 Å². The molecular weight excluding hydrogens is 439 g/mol. The van der Waals surface area contributed by atoms with E-state index in [1.807, 2.05) is 0 Å². The Bertz CT molecular complexity index is 887. The number of aliphatic carboxylic acids is 1. The predicted molar refractivity (Wildman–Crippen MR) is 90.0 cm³/mol. The van der Waals surface area contributed by atoms with E-state index < -0.39 is 34.4 Å². The normalized spacial score (nSPS) is 12.3. The molecular formula is C16H11BrF3NO6. The number of halogens is 4. The molecule has 0 aromatic heterocycles. The number of nitrogens with zero attached hydrogens (tertiary/aromatic N) is 1. The lowest BCUT2D eigenvalue weighted by Crippen LogP contribution is -2.23. The van der Waals surface area contributed by atoms with E-state index in [2.05, 4.69) is 15.9 Å². The van der Waals surface area contributed by atoms with E-state index in [0.717, 1.165) is 30.3 Å². The van der Waals surface area contributed by atoms with Crippen molar-refractivity contribution in [1.29, 1.82) is 0 Å². The number of carbonyl (C=O) groups is 1. The monoisotopic (exact) mass is 449 g/mol. The molecule has 0 amide bonds. The van der Waals surface area contributed by atoms with Crippen LogP contribution in [0.5, 0.6) is 17.2 Å². The summed E-state index contributed by atoms with van der Waals surface area (Å²) in [6.45, 7) is 1.19. The molecule has 0 fully saturated rings. The molecule has 0 bridgehead atoms. The Hall–Kier alpha value is -2.82. The van der Waals surface area contributed by atoms with Crippen LogP contribution in [0.3, 0.4) is 0 Å². The van der Waals surface area contributed by atoms with E-state index in [0.29, 0.717) is 0 Å². The molecule has 0 radical (unpaired) electrons. The van der Waals surface area contributed by atoms with Crippen molar-refractivity contribution in [3.05, 3.63) is 56.5 Å². The van der Waals surface area contributed by atoms with E-state index in [4.69, 9.17) is 14.6 Å². The van der Waals surface area contributed by atoms with Crippen molar-refractivity contribution in [2.24, 2.45) is 0 Å². The van der Waals surface area contributed by atoms with Crippen molar-refractivity contribution in [3.8, 4) is 17.2 Å². The van der Waals surface area contributed by atoms with Crippen molar-refractivity contribution < 1.29 is 37.5 Å². The number of nitro benzene ring substituents is 1. The van der Waals surface area contributed by atoms with Crippen LogP contribution in [0.1, 0.15) is 12.5 Å². The number of benzene rings is 2. The predicted octanol–water partition coefficient (Wildman–Crippen LogP) is 5.02. The molecule has 0 saturated heterocycles. The van der Waals surface area contributed by atoms with E-state index in [-0.39, 0.29) is 21.7 Å². The van der Waals surface area contributed by atoms with Crippen LogP contribution in [0.4, 0.5) is 18.9 Å². The molecule has 1 atom stereocenters. The van der Waals surface area contributed by atoms with Crippen LogP contribution in [-0.2, 0) is 11.0 Å². The molecule has 11 heteroatoms. The van der Waals surface area contributed by atoms with E-state index in [1.54, 1.807) is 0 Å². The SMILES string of the molecule is CC(Oc1cc(Oc2ccc(C(F)(F)F)cc2Br)ccc1[N+](=O)[O-])C(=O)O. The van der Waals surface area contributed by atoms with Crippen molar-refractivity contribution in [1.82, 2.24) is 0 Å². The third-order valence-corrected chi connectivity index (χ3v) is 3.89. The lowest BCUT2D eigenvalue weighted by atomic mass is 10.2. The quantitative estimate of drug-likeness (QED) is 0.490. The van der Waals surface area contributed by atoms with Crippen molar-refractivity contribution >= 4 is 27.6 Å². The van der Waals surface area contributed by atoms with Crippen LogP contribution in [0, 0.1) is 10.1 Å². The number of rotatable bonds is 6. The standard InChI is InChI=1S/C16H11BrF3NO6/c1-8(15(22)23)26-14-7-10(3-4-12(14)21(24)25)27-13-5-2-9(6-11(13)17)16(18,19)20/h2-8H,1H3,(H,22,23). The molecule has 2 aromatic carbocycles. The van der Waals surface area contributed by atoms with Crippen molar-refractivity contribution in [2.75, 3.05) is 0 Å². The Morgan fingerprint density at radius 1 is 1.22 bits per heavy atom. The van der Waals surface area contributed by atoms with Crippen LogP contribution < -0.4 is 9.47 Å². The summed E-state index contributed by atoms with van der Waals surface area (Å²) in [5.74, 6) is -1.65. The van der Waals surface area contributed by atoms with Gasteiger partial charge in [-0.15, -0.1) is 0 Å². The van der Waals surface area contributed by atoms with Gasteiger partial charge in [0.05, 0.1) is 15.0 Å². The number of hydrogen-bond acceptors (Lipinski definition) is 5. The Kier molecular flexibility index (Phi) is 5.94. The first kappa shape index (κ1) is 20.5. The molecule has 0 aliphatic rings. The summed E-state index contributed by atoms with van der Waals surface area (Å²) < 4.78 is 48.6. The molecule has 7 nitrogen and oxygen atoms in total. The average molecular weight is 450 g/mol. The van der Waals surface area contributed by atoms with Gasteiger partial charge in [0.1, 0.15) is 11.5 Å². The molecule has 0 aliphatic carbocycles. The summed E-state index contributed by atoms with van der Waals surface area (Å²) in [6.07, 6.45) is -5.89. The lowest BCUT2D eigenvalue weighted by Gasteiger charge is -2.14. The fraction of sp³-hybridized carbons (Fsp3) is 0.188.